The van der Waals surface area contributed by atoms with Crippen molar-refractivity contribution in [3.8, 4) is 0 Å². The quantitative estimate of drug-likeness (QED) is 0.690. The lowest BCUT2D eigenvalue weighted by atomic mass is 10.2. The second-order valence-electron chi connectivity index (χ2n) is 2.96. The van der Waals surface area contributed by atoms with Crippen molar-refractivity contribution < 1.29 is 9.53 Å². The van der Waals surface area contributed by atoms with Gasteiger partial charge in [0.2, 0.25) is 0 Å². The molecule has 0 radical (unpaired) electrons. The molecule has 1 heterocycles. The number of ether oxygens (including phenoxy) is 1. The van der Waals surface area contributed by atoms with Crippen molar-refractivity contribution in [2.45, 2.75) is 13.8 Å². The molecule has 66 valence electrons. The van der Waals surface area contributed by atoms with Crippen molar-refractivity contribution in [3.63, 3.8) is 0 Å². The van der Waals surface area contributed by atoms with E-state index in [-0.39, 0.29) is 5.97 Å². The van der Waals surface area contributed by atoms with E-state index in [0.29, 0.717) is 18.2 Å². The largest absolute Gasteiger partial charge is 0.461 e. The molecule has 0 amide bonds. The number of esters is 1. The smallest absolute Gasteiger partial charge is 0.356 e. The Balaban J connectivity index is 2.40. The fourth-order valence-electron chi connectivity index (χ4n) is 0.688. The van der Waals surface area contributed by atoms with Crippen LogP contribution >= 0.6 is 0 Å². The van der Waals surface area contributed by atoms with Gasteiger partial charge in [-0.15, -0.1) is 0 Å². The average Bonchev–Trinajstić information content (AvgIpc) is 2.51. The van der Waals surface area contributed by atoms with E-state index >= 15 is 0 Å². The Bertz CT molecular complexity index is 242. The van der Waals surface area contributed by atoms with Gasteiger partial charge in [-0.1, -0.05) is 13.8 Å². The third kappa shape index (κ3) is 2.38. The lowest BCUT2D eigenvalue weighted by Gasteiger charge is -2.04. The summed E-state index contributed by atoms with van der Waals surface area (Å²) in [6, 6.07) is 0. The molecule has 0 aliphatic carbocycles. The summed E-state index contributed by atoms with van der Waals surface area (Å²) < 4.78 is 4.94. The molecule has 1 N–H and O–H groups in total. The van der Waals surface area contributed by atoms with Crippen LogP contribution in [0.25, 0.3) is 0 Å². The van der Waals surface area contributed by atoms with Crippen LogP contribution in [0.5, 0.6) is 0 Å². The molecular weight excluding hydrogens is 156 g/mol. The zero-order valence-corrected chi connectivity index (χ0v) is 7.20. The first-order valence-corrected chi connectivity index (χ1v) is 3.85. The van der Waals surface area contributed by atoms with Crippen LogP contribution in [0.4, 0.5) is 0 Å². The summed E-state index contributed by atoms with van der Waals surface area (Å²) in [4.78, 5) is 17.5. The van der Waals surface area contributed by atoms with Gasteiger partial charge in [-0.25, -0.2) is 9.78 Å². The number of hydrogen-bond acceptors (Lipinski definition) is 3. The molecular formula is C8H12N2O2. The second-order valence-corrected chi connectivity index (χ2v) is 2.96. The van der Waals surface area contributed by atoms with Crippen LogP contribution in [-0.4, -0.2) is 22.5 Å². The van der Waals surface area contributed by atoms with E-state index in [4.69, 9.17) is 4.74 Å². The number of carbonyl (C=O) groups excluding carboxylic acids is 1. The average molecular weight is 168 g/mol. The number of aromatic amines is 1. The molecule has 0 atom stereocenters. The first-order chi connectivity index (χ1) is 5.70. The predicted octanol–water partition coefficient (Wildman–Crippen LogP) is 1.22. The Morgan fingerprint density at radius 3 is 3.00 bits per heavy atom. The van der Waals surface area contributed by atoms with Crippen molar-refractivity contribution in [1.82, 2.24) is 9.97 Å². The molecule has 1 aromatic rings. The SMILES string of the molecule is CC(C)COC(=O)c1cnc[nH]1. The maximum atomic E-state index is 11.1. The molecule has 0 fully saturated rings. The number of nitrogens with zero attached hydrogens (tertiary/aromatic N) is 1. The van der Waals surface area contributed by atoms with E-state index in [1.54, 1.807) is 0 Å². The number of imidazole rings is 1. The van der Waals surface area contributed by atoms with Crippen LogP contribution in [-0.2, 0) is 4.74 Å². The van der Waals surface area contributed by atoms with Crippen molar-refractivity contribution in [1.29, 1.82) is 0 Å². The fourth-order valence-corrected chi connectivity index (χ4v) is 0.688. The molecule has 0 aromatic carbocycles. The molecule has 0 aliphatic rings. The van der Waals surface area contributed by atoms with Gasteiger partial charge in [0.25, 0.3) is 0 Å². The van der Waals surface area contributed by atoms with E-state index in [0.717, 1.165) is 0 Å². The van der Waals surface area contributed by atoms with E-state index < -0.39 is 0 Å². The maximum Gasteiger partial charge on any atom is 0.356 e. The zero-order valence-electron chi connectivity index (χ0n) is 7.20. The molecule has 0 bridgehead atoms. The van der Waals surface area contributed by atoms with Gasteiger partial charge in [-0.2, -0.15) is 0 Å². The predicted molar refractivity (Wildman–Crippen MR) is 43.7 cm³/mol. The normalized spacial score (nSPS) is 10.2. The van der Waals surface area contributed by atoms with Crippen LogP contribution < -0.4 is 0 Å². The lowest BCUT2D eigenvalue weighted by Crippen LogP contribution is -2.10. The highest BCUT2D eigenvalue weighted by Crippen LogP contribution is 1.98. The van der Waals surface area contributed by atoms with Gasteiger partial charge in [0.1, 0.15) is 5.69 Å². The molecule has 12 heavy (non-hydrogen) atoms. The van der Waals surface area contributed by atoms with Gasteiger partial charge in [0.15, 0.2) is 0 Å². The number of hydrogen-bond donors (Lipinski definition) is 1. The van der Waals surface area contributed by atoms with Crippen LogP contribution in [0.2, 0.25) is 0 Å². The number of rotatable bonds is 3. The van der Waals surface area contributed by atoms with Crippen molar-refractivity contribution in [2.24, 2.45) is 5.92 Å². The summed E-state index contributed by atoms with van der Waals surface area (Å²) in [5.74, 6) is 0.0121. The summed E-state index contributed by atoms with van der Waals surface area (Å²) in [6.45, 7) is 4.42. The monoisotopic (exact) mass is 168 g/mol. The highest BCUT2D eigenvalue weighted by atomic mass is 16.5. The molecule has 0 aliphatic heterocycles. The molecule has 0 saturated heterocycles. The first-order valence-electron chi connectivity index (χ1n) is 3.85. The van der Waals surface area contributed by atoms with Gasteiger partial charge in [0.05, 0.1) is 19.1 Å². The summed E-state index contributed by atoms with van der Waals surface area (Å²) in [7, 11) is 0. The minimum Gasteiger partial charge on any atom is -0.461 e. The summed E-state index contributed by atoms with van der Waals surface area (Å²) in [5, 5.41) is 0. The Morgan fingerprint density at radius 1 is 1.75 bits per heavy atom. The number of carbonyl (C=O) groups is 1. The Morgan fingerprint density at radius 2 is 2.50 bits per heavy atom. The standard InChI is InChI=1S/C8H12N2O2/c1-6(2)4-12-8(11)7-3-9-5-10-7/h3,5-6H,4H2,1-2H3,(H,9,10). The Labute approximate surface area is 71.0 Å². The Hall–Kier alpha value is -1.32. The molecule has 1 aromatic heterocycles. The van der Waals surface area contributed by atoms with Crippen molar-refractivity contribution in [2.75, 3.05) is 6.61 Å². The van der Waals surface area contributed by atoms with Crippen molar-refractivity contribution in [3.05, 3.63) is 18.2 Å². The van der Waals surface area contributed by atoms with Crippen molar-refractivity contribution >= 4 is 5.97 Å². The van der Waals surface area contributed by atoms with Gasteiger partial charge >= 0.3 is 5.97 Å². The second kappa shape index (κ2) is 3.90. The van der Waals surface area contributed by atoms with Crippen LogP contribution in [0, 0.1) is 5.92 Å². The number of nitrogens with one attached hydrogen (secondary N) is 1. The van der Waals surface area contributed by atoms with E-state index in [1.807, 2.05) is 13.8 Å². The summed E-state index contributed by atoms with van der Waals surface area (Å²) >= 11 is 0. The molecule has 0 spiro atoms. The molecule has 4 heteroatoms. The van der Waals surface area contributed by atoms with E-state index in [9.17, 15) is 4.79 Å². The maximum absolute atomic E-state index is 11.1. The van der Waals surface area contributed by atoms with Crippen LogP contribution in [0.1, 0.15) is 24.3 Å². The topological polar surface area (TPSA) is 55.0 Å². The fraction of sp³-hybridized carbons (Fsp3) is 0.500. The van der Waals surface area contributed by atoms with Crippen LogP contribution in [0.3, 0.4) is 0 Å². The third-order valence-electron chi connectivity index (χ3n) is 1.27. The lowest BCUT2D eigenvalue weighted by molar-refractivity contribution is 0.0453. The van der Waals surface area contributed by atoms with E-state index in [1.165, 1.54) is 12.5 Å². The third-order valence-corrected chi connectivity index (χ3v) is 1.27. The van der Waals surface area contributed by atoms with Gasteiger partial charge in [-0.05, 0) is 5.92 Å². The number of aromatic nitrogens is 2. The van der Waals surface area contributed by atoms with Crippen LogP contribution in [0.15, 0.2) is 12.5 Å². The molecule has 1 rings (SSSR count). The molecule has 0 unspecified atom stereocenters. The highest BCUT2D eigenvalue weighted by molar-refractivity contribution is 5.86. The molecule has 0 saturated carbocycles. The Kier molecular flexibility index (Phi) is 2.85. The summed E-state index contributed by atoms with van der Waals surface area (Å²) in [6.07, 6.45) is 2.90. The van der Waals surface area contributed by atoms with Gasteiger partial charge in [0, 0.05) is 0 Å². The minimum absolute atomic E-state index is 0.346. The highest BCUT2D eigenvalue weighted by Gasteiger charge is 2.08. The van der Waals surface area contributed by atoms with Gasteiger partial charge in [-0.3, -0.25) is 0 Å². The minimum atomic E-state index is -0.346. The molecule has 4 nitrogen and oxygen atoms in total. The van der Waals surface area contributed by atoms with Gasteiger partial charge < -0.3 is 9.72 Å². The van der Waals surface area contributed by atoms with E-state index in [2.05, 4.69) is 9.97 Å². The number of H-pyrrole nitrogens is 1. The zero-order chi connectivity index (χ0) is 8.97. The summed E-state index contributed by atoms with van der Waals surface area (Å²) in [5.41, 5.74) is 0.399. The first kappa shape index (κ1) is 8.77.